The summed E-state index contributed by atoms with van der Waals surface area (Å²) in [5.74, 6) is -0.260. The van der Waals surface area contributed by atoms with Gasteiger partial charge in [0.25, 0.3) is 0 Å². The second kappa shape index (κ2) is 8.13. The summed E-state index contributed by atoms with van der Waals surface area (Å²) in [6.07, 6.45) is 2.64. The summed E-state index contributed by atoms with van der Waals surface area (Å²) in [5, 5.41) is 11.4. The first kappa shape index (κ1) is 18.1. The van der Waals surface area contributed by atoms with Gasteiger partial charge in [0.05, 0.1) is 10.2 Å². The Bertz CT molecular complexity index is 806. The SMILES string of the molecule is NC(=O)C1CCN(c2nonc2/C=N/ONc2ccc(F)c(Br)c2)CC1. The number of anilines is 2. The molecule has 1 saturated heterocycles. The fourth-order valence-electron chi connectivity index (χ4n) is 2.58. The Balaban J connectivity index is 1.56. The van der Waals surface area contributed by atoms with Crippen molar-refractivity contribution in [2.45, 2.75) is 12.8 Å². The van der Waals surface area contributed by atoms with Crippen LogP contribution in [-0.4, -0.2) is 35.5 Å². The van der Waals surface area contributed by atoms with Gasteiger partial charge in [0.1, 0.15) is 12.0 Å². The molecule has 0 saturated carbocycles. The van der Waals surface area contributed by atoms with Crippen molar-refractivity contribution in [1.82, 2.24) is 10.3 Å². The molecule has 0 radical (unpaired) electrons. The molecule has 2 aromatic rings. The molecule has 1 aliphatic rings. The number of nitrogens with two attached hydrogens (primary N) is 1. The van der Waals surface area contributed by atoms with Crippen molar-refractivity contribution in [2.75, 3.05) is 23.5 Å². The third-order valence-electron chi connectivity index (χ3n) is 4.00. The fourth-order valence-corrected chi connectivity index (χ4v) is 2.96. The van der Waals surface area contributed by atoms with E-state index < -0.39 is 0 Å². The molecule has 138 valence electrons. The van der Waals surface area contributed by atoms with Crippen molar-refractivity contribution in [3.05, 3.63) is 34.2 Å². The van der Waals surface area contributed by atoms with Crippen LogP contribution in [0, 0.1) is 11.7 Å². The van der Waals surface area contributed by atoms with E-state index in [1.807, 2.05) is 4.90 Å². The Morgan fingerprint density at radius 3 is 2.92 bits per heavy atom. The zero-order chi connectivity index (χ0) is 18.5. The summed E-state index contributed by atoms with van der Waals surface area (Å²) in [4.78, 5) is 18.1. The Kier molecular flexibility index (Phi) is 5.66. The van der Waals surface area contributed by atoms with E-state index in [2.05, 4.69) is 36.9 Å². The number of rotatable bonds is 6. The topological polar surface area (TPSA) is 119 Å². The highest BCUT2D eigenvalue weighted by Crippen LogP contribution is 2.23. The van der Waals surface area contributed by atoms with Crippen LogP contribution in [0.3, 0.4) is 0 Å². The average molecular weight is 427 g/mol. The Morgan fingerprint density at radius 1 is 1.46 bits per heavy atom. The lowest BCUT2D eigenvalue weighted by atomic mass is 9.96. The molecule has 0 bridgehead atoms. The predicted octanol–water partition coefficient (Wildman–Crippen LogP) is 2.05. The van der Waals surface area contributed by atoms with Crippen LogP contribution < -0.4 is 16.1 Å². The van der Waals surface area contributed by atoms with Crippen molar-refractivity contribution in [3.8, 4) is 0 Å². The minimum Gasteiger partial charge on any atom is -0.369 e. The third kappa shape index (κ3) is 4.28. The van der Waals surface area contributed by atoms with Crippen LogP contribution in [0.1, 0.15) is 18.5 Å². The van der Waals surface area contributed by atoms with Gasteiger partial charge in [0.2, 0.25) is 11.7 Å². The molecule has 0 unspecified atom stereocenters. The molecule has 9 nitrogen and oxygen atoms in total. The van der Waals surface area contributed by atoms with Crippen LogP contribution in [-0.2, 0) is 9.73 Å². The number of piperidine rings is 1. The average Bonchev–Trinajstić information content (AvgIpc) is 3.10. The van der Waals surface area contributed by atoms with Gasteiger partial charge in [-0.1, -0.05) is 5.16 Å². The van der Waals surface area contributed by atoms with Crippen molar-refractivity contribution in [3.63, 3.8) is 0 Å². The van der Waals surface area contributed by atoms with Crippen LogP contribution in [0.25, 0.3) is 0 Å². The van der Waals surface area contributed by atoms with E-state index in [0.29, 0.717) is 47.6 Å². The molecule has 1 aliphatic heterocycles. The van der Waals surface area contributed by atoms with E-state index in [9.17, 15) is 9.18 Å². The molecule has 0 atom stereocenters. The van der Waals surface area contributed by atoms with Gasteiger partial charge in [-0.2, -0.15) is 5.48 Å². The number of carbonyl (C=O) groups excluding carboxylic acids is 1. The number of aromatic nitrogens is 2. The molecular formula is C15H16BrFN6O3. The number of carbonyl (C=O) groups is 1. The van der Waals surface area contributed by atoms with Crippen molar-refractivity contribution < 1.29 is 18.8 Å². The zero-order valence-electron chi connectivity index (χ0n) is 13.6. The first-order chi connectivity index (χ1) is 12.5. The number of hydrogen-bond acceptors (Lipinski definition) is 8. The number of nitrogens with zero attached hydrogens (tertiary/aromatic N) is 4. The van der Waals surface area contributed by atoms with Gasteiger partial charge in [-0.05, 0) is 57.3 Å². The molecular weight excluding hydrogens is 411 g/mol. The van der Waals surface area contributed by atoms with Gasteiger partial charge in [0.15, 0.2) is 5.69 Å². The molecule has 1 aromatic heterocycles. The number of halogens is 2. The number of amides is 1. The quantitative estimate of drug-likeness (QED) is 0.535. The first-order valence-electron chi connectivity index (χ1n) is 7.82. The minimum atomic E-state index is -0.377. The number of hydrogen-bond donors (Lipinski definition) is 2. The molecule has 1 aromatic carbocycles. The molecule has 3 rings (SSSR count). The van der Waals surface area contributed by atoms with E-state index in [-0.39, 0.29) is 17.6 Å². The van der Waals surface area contributed by atoms with Gasteiger partial charge < -0.3 is 10.6 Å². The fraction of sp³-hybridized carbons (Fsp3) is 0.333. The van der Waals surface area contributed by atoms with Gasteiger partial charge in [-0.3, -0.25) is 9.73 Å². The molecule has 26 heavy (non-hydrogen) atoms. The van der Waals surface area contributed by atoms with E-state index in [0.717, 1.165) is 0 Å². The summed E-state index contributed by atoms with van der Waals surface area (Å²) >= 11 is 3.08. The smallest absolute Gasteiger partial charge is 0.220 e. The molecule has 1 fully saturated rings. The molecule has 0 spiro atoms. The number of benzene rings is 1. The van der Waals surface area contributed by atoms with Gasteiger partial charge in [0, 0.05) is 19.0 Å². The molecule has 0 aliphatic carbocycles. The van der Waals surface area contributed by atoms with E-state index >= 15 is 0 Å². The second-order valence-corrected chi connectivity index (χ2v) is 6.55. The molecule has 2 heterocycles. The van der Waals surface area contributed by atoms with Crippen LogP contribution in [0.5, 0.6) is 0 Å². The highest BCUT2D eigenvalue weighted by atomic mass is 79.9. The van der Waals surface area contributed by atoms with Crippen LogP contribution in [0.4, 0.5) is 15.9 Å². The number of nitrogens with one attached hydrogen (secondary N) is 1. The normalized spacial score (nSPS) is 15.4. The number of primary amides is 1. The Hall–Kier alpha value is -2.69. The van der Waals surface area contributed by atoms with Gasteiger partial charge >= 0.3 is 0 Å². The van der Waals surface area contributed by atoms with Crippen molar-refractivity contribution in [2.24, 2.45) is 16.8 Å². The Labute approximate surface area is 156 Å². The molecule has 3 N–H and O–H groups in total. The summed E-state index contributed by atoms with van der Waals surface area (Å²) in [7, 11) is 0. The van der Waals surface area contributed by atoms with E-state index in [1.54, 1.807) is 0 Å². The minimum absolute atomic E-state index is 0.120. The maximum Gasteiger partial charge on any atom is 0.220 e. The summed E-state index contributed by atoms with van der Waals surface area (Å²) in [6.45, 7) is 1.23. The Morgan fingerprint density at radius 2 is 2.23 bits per heavy atom. The van der Waals surface area contributed by atoms with E-state index in [1.165, 1.54) is 24.4 Å². The maximum absolute atomic E-state index is 13.2. The predicted molar refractivity (Wildman–Crippen MR) is 94.8 cm³/mol. The number of oxime groups is 1. The highest BCUT2D eigenvalue weighted by Gasteiger charge is 2.26. The van der Waals surface area contributed by atoms with Crippen LogP contribution in [0.15, 0.2) is 32.5 Å². The third-order valence-corrected chi connectivity index (χ3v) is 4.61. The lowest BCUT2D eigenvalue weighted by Crippen LogP contribution is -2.39. The summed E-state index contributed by atoms with van der Waals surface area (Å²) in [6, 6.07) is 4.30. The van der Waals surface area contributed by atoms with Gasteiger partial charge in [-0.25, -0.2) is 9.02 Å². The van der Waals surface area contributed by atoms with E-state index in [4.69, 9.17) is 15.3 Å². The first-order valence-corrected chi connectivity index (χ1v) is 8.61. The van der Waals surface area contributed by atoms with Crippen molar-refractivity contribution >= 4 is 39.6 Å². The van der Waals surface area contributed by atoms with Crippen LogP contribution in [0.2, 0.25) is 0 Å². The van der Waals surface area contributed by atoms with Crippen molar-refractivity contribution in [1.29, 1.82) is 0 Å². The summed E-state index contributed by atoms with van der Waals surface area (Å²) in [5.41, 5.74) is 8.80. The largest absolute Gasteiger partial charge is 0.369 e. The molecule has 11 heteroatoms. The zero-order valence-corrected chi connectivity index (χ0v) is 15.1. The lowest BCUT2D eigenvalue weighted by molar-refractivity contribution is -0.122. The second-order valence-electron chi connectivity index (χ2n) is 5.69. The standard InChI is InChI=1S/C15H16BrFN6O3/c16-11-7-10(1-2-12(11)17)20-25-19-8-13-15(22-26-21-13)23-5-3-9(4-6-23)14(18)24/h1-2,7-9,20H,3-6H2,(H2,18,24)/b19-8+. The van der Waals surface area contributed by atoms with Gasteiger partial charge in [-0.15, -0.1) is 0 Å². The monoisotopic (exact) mass is 426 g/mol. The maximum atomic E-state index is 13.2. The lowest BCUT2D eigenvalue weighted by Gasteiger charge is -2.30. The van der Waals surface area contributed by atoms with Crippen LogP contribution >= 0.6 is 15.9 Å². The molecule has 1 amide bonds. The highest BCUT2D eigenvalue weighted by molar-refractivity contribution is 9.10. The summed E-state index contributed by atoms with van der Waals surface area (Å²) < 4.78 is 18.2.